The third-order valence-corrected chi connectivity index (χ3v) is 4.59. The molecule has 1 N–H and O–H groups in total. The van der Waals surface area contributed by atoms with Gasteiger partial charge >= 0.3 is 0 Å². The molecule has 2 rings (SSSR count). The third kappa shape index (κ3) is 3.36. The van der Waals surface area contributed by atoms with Crippen LogP contribution in [0.1, 0.15) is 28.4 Å². The highest BCUT2D eigenvalue weighted by Gasteiger charge is 2.24. The molecular formula is C16H19NO2S. The maximum Gasteiger partial charge on any atom is 0.254 e. The minimum atomic E-state index is -0.150. The van der Waals surface area contributed by atoms with E-state index in [1.807, 2.05) is 41.8 Å². The molecule has 106 valence electrons. The quantitative estimate of drug-likeness (QED) is 0.803. The molecule has 4 heteroatoms. The number of hydrogen-bond donors (Lipinski definition) is 1. The van der Waals surface area contributed by atoms with Gasteiger partial charge in [0.25, 0.3) is 5.91 Å². The van der Waals surface area contributed by atoms with Crippen LogP contribution in [0.3, 0.4) is 0 Å². The molecule has 1 saturated heterocycles. The van der Waals surface area contributed by atoms with Gasteiger partial charge in [-0.15, -0.1) is 0 Å². The fourth-order valence-electron chi connectivity index (χ4n) is 2.27. The van der Waals surface area contributed by atoms with Crippen LogP contribution in [0.25, 0.3) is 0 Å². The van der Waals surface area contributed by atoms with E-state index in [-0.39, 0.29) is 18.6 Å². The van der Waals surface area contributed by atoms with Crippen LogP contribution < -0.4 is 0 Å². The number of benzene rings is 1. The van der Waals surface area contributed by atoms with Crippen molar-refractivity contribution in [1.29, 1.82) is 0 Å². The standard InChI is InChI=1S/C16H19NO2S/c1-12-10-15(6-5-14(12)4-3-8-18)16(19)17-7-9-20-11-13(17)2/h5-6,10,13,18H,7-9,11H2,1-2H3. The van der Waals surface area contributed by atoms with Crippen LogP contribution in [0.2, 0.25) is 0 Å². The van der Waals surface area contributed by atoms with Gasteiger partial charge in [0.2, 0.25) is 0 Å². The number of amides is 1. The van der Waals surface area contributed by atoms with Gasteiger partial charge in [-0.25, -0.2) is 0 Å². The number of aliphatic hydroxyl groups excluding tert-OH is 1. The smallest absolute Gasteiger partial charge is 0.254 e. The first-order valence-electron chi connectivity index (χ1n) is 6.72. The summed E-state index contributed by atoms with van der Waals surface area (Å²) < 4.78 is 0. The molecule has 1 heterocycles. The molecule has 1 unspecified atom stereocenters. The zero-order valence-corrected chi connectivity index (χ0v) is 12.7. The van der Waals surface area contributed by atoms with E-state index in [9.17, 15) is 4.79 Å². The maximum atomic E-state index is 12.5. The molecule has 3 nitrogen and oxygen atoms in total. The molecule has 0 radical (unpaired) electrons. The van der Waals surface area contributed by atoms with Gasteiger partial charge < -0.3 is 10.0 Å². The Balaban J connectivity index is 2.20. The van der Waals surface area contributed by atoms with Gasteiger partial charge in [-0.05, 0) is 37.6 Å². The summed E-state index contributed by atoms with van der Waals surface area (Å²) in [4.78, 5) is 14.5. The number of carbonyl (C=O) groups excluding carboxylic acids is 1. The maximum absolute atomic E-state index is 12.5. The van der Waals surface area contributed by atoms with E-state index < -0.39 is 0 Å². The van der Waals surface area contributed by atoms with E-state index >= 15 is 0 Å². The number of aliphatic hydroxyl groups is 1. The molecule has 1 aliphatic heterocycles. The van der Waals surface area contributed by atoms with Crippen molar-refractivity contribution in [3.05, 3.63) is 34.9 Å². The second-order valence-corrected chi connectivity index (χ2v) is 6.06. The molecule has 20 heavy (non-hydrogen) atoms. The molecule has 0 bridgehead atoms. The zero-order chi connectivity index (χ0) is 14.5. The molecule has 0 aromatic heterocycles. The SMILES string of the molecule is Cc1cc(C(=O)N2CCSCC2C)ccc1C#CCO. The van der Waals surface area contributed by atoms with E-state index in [1.165, 1.54) is 0 Å². The van der Waals surface area contributed by atoms with Crippen LogP contribution in [0, 0.1) is 18.8 Å². The Kier molecular flexibility index (Phi) is 5.11. The first kappa shape index (κ1) is 15.0. The highest BCUT2D eigenvalue weighted by atomic mass is 32.2. The highest BCUT2D eigenvalue weighted by molar-refractivity contribution is 7.99. The molecule has 1 fully saturated rings. The van der Waals surface area contributed by atoms with Gasteiger partial charge in [-0.1, -0.05) is 11.8 Å². The molecule has 1 aromatic rings. The number of rotatable bonds is 1. The number of hydrogen-bond acceptors (Lipinski definition) is 3. The van der Waals surface area contributed by atoms with Crippen molar-refractivity contribution in [3.63, 3.8) is 0 Å². The van der Waals surface area contributed by atoms with E-state index in [4.69, 9.17) is 5.11 Å². The molecule has 1 atom stereocenters. The van der Waals surface area contributed by atoms with Crippen molar-refractivity contribution in [2.45, 2.75) is 19.9 Å². The second kappa shape index (κ2) is 6.83. The summed E-state index contributed by atoms with van der Waals surface area (Å²) in [7, 11) is 0. The van der Waals surface area contributed by atoms with Gasteiger partial charge in [0.05, 0.1) is 0 Å². The van der Waals surface area contributed by atoms with E-state index in [0.29, 0.717) is 0 Å². The lowest BCUT2D eigenvalue weighted by molar-refractivity contribution is 0.0716. The highest BCUT2D eigenvalue weighted by Crippen LogP contribution is 2.20. The minimum absolute atomic E-state index is 0.0996. The Morgan fingerprint density at radius 1 is 1.55 bits per heavy atom. The first-order chi connectivity index (χ1) is 9.63. The van der Waals surface area contributed by atoms with Crippen LogP contribution >= 0.6 is 11.8 Å². The van der Waals surface area contributed by atoms with Crippen molar-refractivity contribution < 1.29 is 9.90 Å². The summed E-state index contributed by atoms with van der Waals surface area (Å²) >= 11 is 1.90. The lowest BCUT2D eigenvalue weighted by Crippen LogP contribution is -2.44. The largest absolute Gasteiger partial charge is 0.384 e. The number of aryl methyl sites for hydroxylation is 1. The Bertz CT molecular complexity index is 559. The number of carbonyl (C=O) groups is 1. The van der Waals surface area contributed by atoms with E-state index in [1.54, 1.807) is 0 Å². The lowest BCUT2D eigenvalue weighted by atomic mass is 10.0. The van der Waals surface area contributed by atoms with E-state index in [0.717, 1.165) is 34.7 Å². The van der Waals surface area contributed by atoms with Crippen LogP contribution in [-0.2, 0) is 0 Å². The summed E-state index contributed by atoms with van der Waals surface area (Å²) in [6.45, 7) is 4.70. The van der Waals surface area contributed by atoms with Crippen LogP contribution in [-0.4, -0.2) is 46.6 Å². The van der Waals surface area contributed by atoms with Gasteiger partial charge in [-0.2, -0.15) is 11.8 Å². The number of thioether (sulfide) groups is 1. The Morgan fingerprint density at radius 2 is 2.35 bits per heavy atom. The predicted molar refractivity (Wildman–Crippen MR) is 83.0 cm³/mol. The summed E-state index contributed by atoms with van der Waals surface area (Å²) in [5, 5.41) is 8.72. The van der Waals surface area contributed by atoms with Crippen molar-refractivity contribution in [1.82, 2.24) is 4.90 Å². The Hall–Kier alpha value is -1.44. The fourth-order valence-corrected chi connectivity index (χ4v) is 3.28. The van der Waals surface area contributed by atoms with Crippen molar-refractivity contribution in [2.24, 2.45) is 0 Å². The van der Waals surface area contributed by atoms with Crippen molar-refractivity contribution >= 4 is 17.7 Å². The van der Waals surface area contributed by atoms with Crippen molar-refractivity contribution in [2.75, 3.05) is 24.7 Å². The number of nitrogens with zero attached hydrogens (tertiary/aromatic N) is 1. The average molecular weight is 289 g/mol. The summed E-state index contributed by atoms with van der Waals surface area (Å²) in [5.74, 6) is 7.63. The summed E-state index contributed by atoms with van der Waals surface area (Å²) in [6.07, 6.45) is 0. The van der Waals surface area contributed by atoms with Gasteiger partial charge in [0.1, 0.15) is 6.61 Å². The second-order valence-electron chi connectivity index (χ2n) is 4.91. The topological polar surface area (TPSA) is 40.5 Å². The first-order valence-corrected chi connectivity index (χ1v) is 7.88. The molecule has 1 aromatic carbocycles. The molecule has 1 aliphatic rings. The zero-order valence-electron chi connectivity index (χ0n) is 11.8. The summed E-state index contributed by atoms with van der Waals surface area (Å²) in [5.41, 5.74) is 2.55. The molecule has 0 aliphatic carbocycles. The summed E-state index contributed by atoms with van der Waals surface area (Å²) in [6, 6.07) is 5.85. The van der Waals surface area contributed by atoms with E-state index in [2.05, 4.69) is 18.8 Å². The molecule has 0 spiro atoms. The Labute approximate surface area is 124 Å². The van der Waals surface area contributed by atoms with Crippen molar-refractivity contribution in [3.8, 4) is 11.8 Å². The molecule has 1 amide bonds. The monoisotopic (exact) mass is 289 g/mol. The molecular weight excluding hydrogens is 270 g/mol. The predicted octanol–water partition coefficient (Wildman–Crippen LogP) is 1.92. The fraction of sp³-hybridized carbons (Fsp3) is 0.438. The lowest BCUT2D eigenvalue weighted by Gasteiger charge is -2.33. The van der Waals surface area contributed by atoms with Crippen LogP contribution in [0.15, 0.2) is 18.2 Å². The minimum Gasteiger partial charge on any atom is -0.384 e. The molecule has 0 saturated carbocycles. The Morgan fingerprint density at radius 3 is 3.00 bits per heavy atom. The van der Waals surface area contributed by atoms with Gasteiger partial charge in [0, 0.05) is 35.2 Å². The normalized spacial score (nSPS) is 18.4. The van der Waals surface area contributed by atoms with Gasteiger partial charge in [0.15, 0.2) is 0 Å². The van der Waals surface area contributed by atoms with Gasteiger partial charge in [-0.3, -0.25) is 4.79 Å². The van der Waals surface area contributed by atoms with Crippen LogP contribution in [0.5, 0.6) is 0 Å². The third-order valence-electron chi connectivity index (χ3n) is 3.40. The van der Waals surface area contributed by atoms with Crippen LogP contribution in [0.4, 0.5) is 0 Å². The average Bonchev–Trinajstić information content (AvgIpc) is 2.46.